The Morgan fingerprint density at radius 3 is 2.55 bits per heavy atom. The fourth-order valence-electron chi connectivity index (χ4n) is 3.09. The van der Waals surface area contributed by atoms with Gasteiger partial charge in [0.2, 0.25) is 0 Å². The molecule has 1 N–H and O–H groups in total. The van der Waals surface area contributed by atoms with Crippen LogP contribution in [0.15, 0.2) is 72.5 Å². The van der Waals surface area contributed by atoms with Gasteiger partial charge in [-0.05, 0) is 61.4 Å². The molecule has 0 aliphatic heterocycles. The highest BCUT2D eigenvalue weighted by Crippen LogP contribution is 2.37. The van der Waals surface area contributed by atoms with Crippen LogP contribution in [0.25, 0.3) is 16.8 Å². The first-order valence-corrected chi connectivity index (χ1v) is 9.39. The van der Waals surface area contributed by atoms with Crippen molar-refractivity contribution in [3.8, 4) is 16.9 Å². The molecule has 2 aromatic carbocycles. The zero-order valence-electron chi connectivity index (χ0n) is 16.9. The van der Waals surface area contributed by atoms with E-state index in [1.807, 2.05) is 38.1 Å². The minimum Gasteiger partial charge on any atom is -0.495 e. The van der Waals surface area contributed by atoms with E-state index in [2.05, 4.69) is 21.9 Å². The molecule has 0 aliphatic rings. The van der Waals surface area contributed by atoms with Crippen molar-refractivity contribution in [3.63, 3.8) is 0 Å². The third-order valence-electron chi connectivity index (χ3n) is 4.57. The maximum Gasteiger partial charge on any atom is 0.143 e. The van der Waals surface area contributed by atoms with Crippen molar-refractivity contribution in [2.45, 2.75) is 13.8 Å². The molecule has 3 rings (SSSR count). The normalized spacial score (nSPS) is 11.2. The van der Waals surface area contributed by atoms with Crippen molar-refractivity contribution in [1.29, 1.82) is 0 Å². The molecule has 0 saturated carbocycles. The van der Waals surface area contributed by atoms with Gasteiger partial charge in [-0.2, -0.15) is 0 Å². The molecule has 1 heterocycles. The molecule has 4 nitrogen and oxygen atoms in total. The number of anilines is 1. The molecule has 5 heteroatoms. The van der Waals surface area contributed by atoms with E-state index in [0.29, 0.717) is 18.0 Å². The van der Waals surface area contributed by atoms with E-state index >= 15 is 0 Å². The smallest absolute Gasteiger partial charge is 0.143 e. The predicted octanol–water partition coefficient (Wildman–Crippen LogP) is 5.81. The molecule has 148 valence electrons. The number of nitrogens with one attached hydrogen (secondary N) is 1. The zero-order chi connectivity index (χ0) is 20.8. The van der Waals surface area contributed by atoms with Crippen molar-refractivity contribution in [2.24, 2.45) is 4.99 Å². The molecule has 1 aromatic heterocycles. The Hall–Kier alpha value is -3.47. The summed E-state index contributed by atoms with van der Waals surface area (Å²) in [6.07, 6.45) is 3.47. The largest absolute Gasteiger partial charge is 0.495 e. The maximum absolute atomic E-state index is 13.4. The van der Waals surface area contributed by atoms with Crippen LogP contribution in [-0.2, 0) is 0 Å². The molecule has 0 fully saturated rings. The topological polar surface area (TPSA) is 46.5 Å². The molecule has 0 radical (unpaired) electrons. The van der Waals surface area contributed by atoms with Crippen LogP contribution < -0.4 is 10.1 Å². The Balaban J connectivity index is 2.11. The van der Waals surface area contributed by atoms with Crippen LogP contribution in [-0.4, -0.2) is 24.4 Å². The summed E-state index contributed by atoms with van der Waals surface area (Å²) >= 11 is 0. The van der Waals surface area contributed by atoms with E-state index in [9.17, 15) is 4.39 Å². The molecule has 0 aliphatic carbocycles. The summed E-state index contributed by atoms with van der Waals surface area (Å²) < 4.78 is 19.0. The number of halogens is 1. The molecule has 0 atom stereocenters. The summed E-state index contributed by atoms with van der Waals surface area (Å²) in [4.78, 5) is 8.73. The highest BCUT2D eigenvalue weighted by atomic mass is 19.1. The first-order valence-electron chi connectivity index (χ1n) is 9.39. The Bertz CT molecular complexity index is 1030. The van der Waals surface area contributed by atoms with Gasteiger partial charge in [-0.1, -0.05) is 18.7 Å². The van der Waals surface area contributed by atoms with Gasteiger partial charge in [0, 0.05) is 41.5 Å². The second-order valence-corrected chi connectivity index (χ2v) is 6.51. The monoisotopic (exact) mass is 389 g/mol. The summed E-state index contributed by atoms with van der Waals surface area (Å²) in [6, 6.07) is 14.2. The number of methoxy groups -OCH3 is 1. The van der Waals surface area contributed by atoms with Gasteiger partial charge in [0.15, 0.2) is 0 Å². The van der Waals surface area contributed by atoms with Gasteiger partial charge >= 0.3 is 0 Å². The van der Waals surface area contributed by atoms with Crippen molar-refractivity contribution >= 4 is 17.1 Å². The van der Waals surface area contributed by atoms with Crippen LogP contribution in [0.4, 0.5) is 10.1 Å². The second-order valence-electron chi connectivity index (χ2n) is 6.51. The fourth-order valence-corrected chi connectivity index (χ4v) is 3.09. The molecule has 3 aromatic rings. The first-order chi connectivity index (χ1) is 14.0. The Morgan fingerprint density at radius 2 is 1.93 bits per heavy atom. The number of aliphatic imine (C=N–C) groups is 1. The van der Waals surface area contributed by atoms with Crippen molar-refractivity contribution in [2.75, 3.05) is 19.0 Å². The van der Waals surface area contributed by atoms with Gasteiger partial charge in [0.05, 0.1) is 12.8 Å². The quantitative estimate of drug-likeness (QED) is 0.519. The zero-order valence-corrected chi connectivity index (χ0v) is 16.9. The van der Waals surface area contributed by atoms with Crippen LogP contribution in [0, 0.1) is 5.82 Å². The summed E-state index contributed by atoms with van der Waals surface area (Å²) in [5, 5.41) is 3.37. The lowest BCUT2D eigenvalue weighted by atomic mass is 9.98. The standard InChI is InChI=1S/C24H24FN3O/c1-5-27-17(3)22-13-20(18-8-10-21(25)11-9-18)14-23(29-4)24(22)28-16(2)19-7-6-12-26-15-19/h6-15,28H,2,5H2,1,3-4H3. The number of hydrogen-bond donors (Lipinski definition) is 1. The molecule has 0 spiro atoms. The Labute approximate surface area is 170 Å². The van der Waals surface area contributed by atoms with Crippen molar-refractivity contribution < 1.29 is 9.13 Å². The number of hydrogen-bond acceptors (Lipinski definition) is 4. The molecule has 29 heavy (non-hydrogen) atoms. The minimum atomic E-state index is -0.268. The third-order valence-corrected chi connectivity index (χ3v) is 4.57. The van der Waals surface area contributed by atoms with Gasteiger partial charge in [0.25, 0.3) is 0 Å². The lowest BCUT2D eigenvalue weighted by molar-refractivity contribution is 0.417. The summed E-state index contributed by atoms with van der Waals surface area (Å²) in [5.74, 6) is 0.383. The fraction of sp³-hybridized carbons (Fsp3) is 0.167. The van der Waals surface area contributed by atoms with Gasteiger partial charge in [-0.25, -0.2) is 4.39 Å². The average molecular weight is 389 g/mol. The van der Waals surface area contributed by atoms with Crippen LogP contribution in [0.1, 0.15) is 25.0 Å². The third kappa shape index (κ3) is 4.69. The number of ether oxygens (including phenoxy) is 1. The SMILES string of the molecule is C=C(Nc1c(OC)cc(-c2ccc(F)cc2)cc1C(C)=NCC)c1cccnc1. The second kappa shape index (κ2) is 9.15. The average Bonchev–Trinajstić information content (AvgIpc) is 2.75. The van der Waals surface area contributed by atoms with E-state index in [4.69, 9.17) is 4.74 Å². The number of nitrogens with zero attached hydrogens (tertiary/aromatic N) is 2. The van der Waals surface area contributed by atoms with Gasteiger partial charge in [0.1, 0.15) is 11.6 Å². The summed E-state index contributed by atoms with van der Waals surface area (Å²) in [6.45, 7) is 8.76. The van der Waals surface area contributed by atoms with Crippen LogP contribution in [0.3, 0.4) is 0 Å². The van der Waals surface area contributed by atoms with E-state index in [-0.39, 0.29) is 5.82 Å². The van der Waals surface area contributed by atoms with Gasteiger partial charge in [-0.15, -0.1) is 0 Å². The first kappa shape index (κ1) is 20.3. The lowest BCUT2D eigenvalue weighted by Gasteiger charge is -2.19. The highest BCUT2D eigenvalue weighted by Gasteiger charge is 2.16. The summed E-state index contributed by atoms with van der Waals surface area (Å²) in [5.41, 5.74) is 5.95. The van der Waals surface area contributed by atoms with Crippen LogP contribution >= 0.6 is 0 Å². The van der Waals surface area contributed by atoms with Gasteiger partial charge in [-0.3, -0.25) is 9.98 Å². The highest BCUT2D eigenvalue weighted by molar-refractivity contribution is 6.07. The molecule has 0 unspecified atom stereocenters. The van der Waals surface area contributed by atoms with E-state index in [0.717, 1.165) is 33.7 Å². The molecule has 0 bridgehead atoms. The molecule has 0 saturated heterocycles. The summed E-state index contributed by atoms with van der Waals surface area (Å²) in [7, 11) is 1.62. The van der Waals surface area contributed by atoms with E-state index in [1.54, 1.807) is 31.6 Å². The minimum absolute atomic E-state index is 0.268. The van der Waals surface area contributed by atoms with Crippen molar-refractivity contribution in [3.05, 3.63) is 84.4 Å². The number of benzene rings is 2. The van der Waals surface area contributed by atoms with Gasteiger partial charge < -0.3 is 10.1 Å². The molecule has 0 amide bonds. The molecular formula is C24H24FN3O. The van der Waals surface area contributed by atoms with Crippen LogP contribution in [0.5, 0.6) is 5.75 Å². The van der Waals surface area contributed by atoms with Crippen LogP contribution in [0.2, 0.25) is 0 Å². The number of pyridine rings is 1. The number of aromatic nitrogens is 1. The van der Waals surface area contributed by atoms with Crippen molar-refractivity contribution in [1.82, 2.24) is 4.98 Å². The lowest BCUT2D eigenvalue weighted by Crippen LogP contribution is -2.07. The number of rotatable bonds is 7. The molecular weight excluding hydrogens is 365 g/mol. The Kier molecular flexibility index (Phi) is 6.39. The van der Waals surface area contributed by atoms with E-state index < -0.39 is 0 Å². The predicted molar refractivity (Wildman–Crippen MR) is 118 cm³/mol. The maximum atomic E-state index is 13.4. The Morgan fingerprint density at radius 1 is 1.17 bits per heavy atom. The van der Waals surface area contributed by atoms with E-state index in [1.165, 1.54) is 12.1 Å².